The lowest BCUT2D eigenvalue weighted by atomic mass is 10.1. The average molecular weight is 382 g/mol. The molecule has 3 heterocycles. The van der Waals surface area contributed by atoms with Crippen molar-refractivity contribution in [1.29, 1.82) is 0 Å². The third-order valence-electron chi connectivity index (χ3n) is 5.27. The van der Waals surface area contributed by atoms with Crippen molar-refractivity contribution in [2.75, 3.05) is 4.90 Å². The maximum absolute atomic E-state index is 5.03. The summed E-state index contributed by atoms with van der Waals surface area (Å²) in [5.74, 6) is 1.77. The van der Waals surface area contributed by atoms with Crippen LogP contribution in [0.15, 0.2) is 67.1 Å². The van der Waals surface area contributed by atoms with Gasteiger partial charge in [0.15, 0.2) is 5.82 Å². The van der Waals surface area contributed by atoms with Gasteiger partial charge in [0, 0.05) is 42.0 Å². The zero-order valence-electron chi connectivity index (χ0n) is 16.1. The largest absolute Gasteiger partial charge is 0.346 e. The highest BCUT2D eigenvalue weighted by atomic mass is 15.2. The number of pyridine rings is 1. The highest BCUT2D eigenvalue weighted by Crippen LogP contribution is 2.32. The van der Waals surface area contributed by atoms with Crippen molar-refractivity contribution in [3.63, 3.8) is 0 Å². The molecule has 0 atom stereocenters. The van der Waals surface area contributed by atoms with Gasteiger partial charge in [-0.25, -0.2) is 9.97 Å². The Kier molecular flexibility index (Phi) is 4.74. The zero-order chi connectivity index (χ0) is 19.5. The Balaban J connectivity index is 1.59. The van der Waals surface area contributed by atoms with E-state index in [2.05, 4.69) is 44.3 Å². The van der Waals surface area contributed by atoms with Crippen LogP contribution in [-0.2, 0) is 25.9 Å². The predicted octanol–water partition coefficient (Wildman–Crippen LogP) is 3.96. The fourth-order valence-corrected chi connectivity index (χ4v) is 3.89. The first-order valence-electron chi connectivity index (χ1n) is 9.94. The number of hydrogen-bond acceptors (Lipinski definition) is 5. The van der Waals surface area contributed by atoms with Crippen LogP contribution in [0.5, 0.6) is 0 Å². The van der Waals surface area contributed by atoms with E-state index in [1.165, 1.54) is 11.1 Å². The van der Waals surface area contributed by atoms with Gasteiger partial charge in [0.2, 0.25) is 0 Å². The molecule has 29 heavy (non-hydrogen) atoms. The van der Waals surface area contributed by atoms with Gasteiger partial charge in [-0.1, -0.05) is 30.3 Å². The molecule has 6 heteroatoms. The van der Waals surface area contributed by atoms with Crippen LogP contribution in [0.4, 0.5) is 5.82 Å². The molecule has 0 amide bonds. The smallest absolute Gasteiger partial charge is 0.163 e. The van der Waals surface area contributed by atoms with Crippen LogP contribution in [0, 0.1) is 0 Å². The number of aryl methyl sites for hydroxylation is 1. The van der Waals surface area contributed by atoms with Crippen LogP contribution in [0.25, 0.3) is 11.4 Å². The number of rotatable bonds is 6. The zero-order valence-corrected chi connectivity index (χ0v) is 16.1. The van der Waals surface area contributed by atoms with E-state index in [1.54, 1.807) is 12.4 Å². The Labute approximate surface area is 169 Å². The van der Waals surface area contributed by atoms with Crippen LogP contribution in [-0.4, -0.2) is 25.1 Å². The minimum Gasteiger partial charge on any atom is -0.346 e. The van der Waals surface area contributed by atoms with Gasteiger partial charge in [0.1, 0.15) is 5.82 Å². The van der Waals surface area contributed by atoms with E-state index in [9.17, 15) is 0 Å². The maximum Gasteiger partial charge on any atom is 0.163 e. The molecule has 0 spiro atoms. The fraction of sp³-hybridized carbons (Fsp3) is 0.217. The lowest BCUT2D eigenvalue weighted by Gasteiger charge is -2.26. The number of aromatic amines is 1. The van der Waals surface area contributed by atoms with Crippen molar-refractivity contribution in [2.24, 2.45) is 0 Å². The Morgan fingerprint density at radius 3 is 2.62 bits per heavy atom. The highest BCUT2D eigenvalue weighted by Gasteiger charge is 2.24. The van der Waals surface area contributed by atoms with Crippen molar-refractivity contribution < 1.29 is 0 Å². The number of fused-ring (bicyclic) bond motifs is 1. The highest BCUT2D eigenvalue weighted by molar-refractivity contribution is 5.61. The summed E-state index contributed by atoms with van der Waals surface area (Å²) in [5, 5.41) is 7.21. The lowest BCUT2D eigenvalue weighted by Crippen LogP contribution is -2.25. The van der Waals surface area contributed by atoms with Crippen molar-refractivity contribution in [2.45, 2.75) is 32.4 Å². The molecule has 0 unspecified atom stereocenters. The first kappa shape index (κ1) is 17.6. The van der Waals surface area contributed by atoms with Gasteiger partial charge in [-0.05, 0) is 43.0 Å². The molecule has 1 aliphatic rings. The molecule has 6 nitrogen and oxygen atoms in total. The van der Waals surface area contributed by atoms with Crippen LogP contribution in [0.2, 0.25) is 0 Å². The third-order valence-corrected chi connectivity index (χ3v) is 5.27. The number of anilines is 1. The van der Waals surface area contributed by atoms with Crippen molar-refractivity contribution in [3.05, 3.63) is 89.6 Å². The molecule has 0 saturated heterocycles. The SMILES string of the molecule is c1ccc(CN(Cc2ccn[nH]2)c2nc(-c3cccnc3)nc3c2CCC3)cc1. The number of hydrogen-bond donors (Lipinski definition) is 1. The molecule has 5 rings (SSSR count). The second kappa shape index (κ2) is 7.83. The van der Waals surface area contributed by atoms with Gasteiger partial charge >= 0.3 is 0 Å². The van der Waals surface area contributed by atoms with E-state index in [0.717, 1.165) is 54.4 Å². The molecule has 1 aromatic carbocycles. The Bertz CT molecular complexity index is 1080. The van der Waals surface area contributed by atoms with Gasteiger partial charge in [0.25, 0.3) is 0 Å². The molecule has 4 aromatic rings. The summed E-state index contributed by atoms with van der Waals surface area (Å²) in [6.45, 7) is 1.49. The molecule has 0 bridgehead atoms. The first-order valence-corrected chi connectivity index (χ1v) is 9.94. The number of nitrogens with zero attached hydrogens (tertiary/aromatic N) is 5. The molecular formula is C23H22N6. The van der Waals surface area contributed by atoms with E-state index in [0.29, 0.717) is 6.54 Å². The van der Waals surface area contributed by atoms with E-state index >= 15 is 0 Å². The van der Waals surface area contributed by atoms with Gasteiger partial charge in [-0.3, -0.25) is 10.1 Å². The van der Waals surface area contributed by atoms with Crippen LogP contribution >= 0.6 is 0 Å². The molecule has 1 aliphatic carbocycles. The van der Waals surface area contributed by atoms with E-state index in [1.807, 2.05) is 30.5 Å². The van der Waals surface area contributed by atoms with Crippen LogP contribution in [0.3, 0.4) is 0 Å². The van der Waals surface area contributed by atoms with E-state index < -0.39 is 0 Å². The normalized spacial score (nSPS) is 12.7. The average Bonchev–Trinajstić information content (AvgIpc) is 3.46. The second-order valence-corrected chi connectivity index (χ2v) is 7.31. The molecule has 144 valence electrons. The topological polar surface area (TPSA) is 70.6 Å². The van der Waals surface area contributed by atoms with Gasteiger partial charge < -0.3 is 4.90 Å². The Hall–Kier alpha value is -3.54. The van der Waals surface area contributed by atoms with Gasteiger partial charge in [0.05, 0.1) is 12.2 Å². The summed E-state index contributed by atoms with van der Waals surface area (Å²) >= 11 is 0. The monoisotopic (exact) mass is 382 g/mol. The van der Waals surface area contributed by atoms with Crippen molar-refractivity contribution >= 4 is 5.82 Å². The van der Waals surface area contributed by atoms with Crippen LogP contribution < -0.4 is 4.90 Å². The number of aromatic nitrogens is 5. The maximum atomic E-state index is 5.03. The number of H-pyrrole nitrogens is 1. The summed E-state index contributed by atoms with van der Waals surface area (Å²) in [6, 6.07) is 16.5. The standard InChI is InChI=1S/C23H22N6/c1-2-6-17(7-3-1)15-29(16-19-11-13-25-28-19)23-20-9-4-10-21(20)26-22(27-23)18-8-5-12-24-14-18/h1-3,5-8,11-14H,4,9-10,15-16H2,(H,25,28). The second-order valence-electron chi connectivity index (χ2n) is 7.31. The Morgan fingerprint density at radius 1 is 0.897 bits per heavy atom. The summed E-state index contributed by atoms with van der Waals surface area (Å²) < 4.78 is 0. The number of benzene rings is 1. The summed E-state index contributed by atoms with van der Waals surface area (Å²) in [6.07, 6.45) is 8.54. The minimum atomic E-state index is 0.713. The van der Waals surface area contributed by atoms with Crippen molar-refractivity contribution in [3.8, 4) is 11.4 Å². The predicted molar refractivity (Wildman–Crippen MR) is 112 cm³/mol. The van der Waals surface area contributed by atoms with Crippen LogP contribution in [0.1, 0.15) is 28.9 Å². The molecule has 0 fully saturated rings. The summed E-state index contributed by atoms with van der Waals surface area (Å²) in [4.78, 5) is 16.5. The molecule has 1 N–H and O–H groups in total. The molecular weight excluding hydrogens is 360 g/mol. The van der Waals surface area contributed by atoms with Gasteiger partial charge in [-0.2, -0.15) is 5.10 Å². The van der Waals surface area contributed by atoms with E-state index in [-0.39, 0.29) is 0 Å². The number of nitrogens with one attached hydrogen (secondary N) is 1. The quantitative estimate of drug-likeness (QED) is 0.547. The third kappa shape index (κ3) is 3.74. The van der Waals surface area contributed by atoms with Crippen molar-refractivity contribution in [1.82, 2.24) is 25.1 Å². The summed E-state index contributed by atoms with van der Waals surface area (Å²) in [5.41, 5.74) is 5.70. The Morgan fingerprint density at radius 2 is 1.83 bits per heavy atom. The first-order chi connectivity index (χ1) is 14.4. The lowest BCUT2D eigenvalue weighted by molar-refractivity contribution is 0.753. The minimum absolute atomic E-state index is 0.713. The molecule has 0 radical (unpaired) electrons. The summed E-state index contributed by atoms with van der Waals surface area (Å²) in [7, 11) is 0. The van der Waals surface area contributed by atoms with Gasteiger partial charge in [-0.15, -0.1) is 0 Å². The molecule has 0 aliphatic heterocycles. The fourth-order valence-electron chi connectivity index (χ4n) is 3.89. The van der Waals surface area contributed by atoms with E-state index in [4.69, 9.17) is 9.97 Å². The molecule has 3 aromatic heterocycles. The molecule has 0 saturated carbocycles.